The third kappa shape index (κ3) is 4.91. The number of hydrogen-bond donors (Lipinski definition) is 2. The first kappa shape index (κ1) is 30.7. The number of rotatable bonds is 5. The minimum atomic E-state index is -1.15. The lowest BCUT2D eigenvalue weighted by atomic mass is 9.95. The zero-order valence-electron chi connectivity index (χ0n) is 26.8. The Morgan fingerprint density at radius 3 is 2.88 bits per heavy atom. The van der Waals surface area contributed by atoms with Gasteiger partial charge in [0, 0.05) is 49.1 Å². The Morgan fingerprint density at radius 1 is 1.19 bits per heavy atom. The molecule has 3 fully saturated rings. The molecule has 0 amide bonds. The van der Waals surface area contributed by atoms with Gasteiger partial charge in [-0.2, -0.15) is 9.97 Å². The summed E-state index contributed by atoms with van der Waals surface area (Å²) < 4.78 is 43.6. The molecule has 2 aromatic carbocycles. The second kappa shape index (κ2) is 11.3. The van der Waals surface area contributed by atoms with Crippen LogP contribution in [0, 0.1) is 18.2 Å². The Hall–Kier alpha value is -4.57. The highest BCUT2D eigenvalue weighted by Gasteiger charge is 2.49. The van der Waals surface area contributed by atoms with E-state index < -0.39 is 23.1 Å². The quantitative estimate of drug-likeness (QED) is 0.261. The number of nitrogens with zero attached hydrogens (tertiary/aromatic N) is 6. The largest absolute Gasteiger partial charge is 0.508 e. The molecular formula is C36H36F2N6O4. The minimum Gasteiger partial charge on any atom is -0.508 e. The summed E-state index contributed by atoms with van der Waals surface area (Å²) in [6, 6.07) is 7.96. The molecular weight excluding hydrogens is 618 g/mol. The van der Waals surface area contributed by atoms with Crippen LogP contribution < -0.4 is 9.64 Å². The van der Waals surface area contributed by atoms with Gasteiger partial charge in [-0.15, -0.1) is 6.42 Å². The number of alkyl halides is 1. The second-order valence-electron chi connectivity index (χ2n) is 13.6. The molecule has 0 bridgehead atoms. The number of halogens is 2. The van der Waals surface area contributed by atoms with Crippen LogP contribution in [0.1, 0.15) is 31.7 Å². The Morgan fingerprint density at radius 2 is 2.04 bits per heavy atom. The molecule has 8 rings (SSSR count). The van der Waals surface area contributed by atoms with E-state index in [2.05, 4.69) is 10.8 Å². The van der Waals surface area contributed by atoms with Crippen molar-refractivity contribution in [2.75, 3.05) is 50.9 Å². The van der Waals surface area contributed by atoms with E-state index in [9.17, 15) is 14.6 Å². The Kier molecular flexibility index (Phi) is 7.21. The topological polar surface area (TPSA) is 109 Å². The maximum Gasteiger partial charge on any atom is 0.320 e. The summed E-state index contributed by atoms with van der Waals surface area (Å²) in [5.74, 6) is 2.47. The van der Waals surface area contributed by atoms with Crippen molar-refractivity contribution in [3.63, 3.8) is 0 Å². The van der Waals surface area contributed by atoms with E-state index in [1.807, 2.05) is 22.6 Å². The molecule has 10 nitrogen and oxygen atoms in total. The van der Waals surface area contributed by atoms with Crippen LogP contribution in [0.4, 0.5) is 14.6 Å². The van der Waals surface area contributed by atoms with Gasteiger partial charge in [-0.25, -0.2) is 8.78 Å². The predicted octanol–water partition coefficient (Wildman–Crippen LogP) is 4.71. The number of β-amino-alcohol motifs (C(OH)–C–C–N with tert-alkyl or cyclic N) is 1. The van der Waals surface area contributed by atoms with Crippen LogP contribution in [0.25, 0.3) is 44.0 Å². The van der Waals surface area contributed by atoms with Crippen molar-refractivity contribution >= 4 is 38.5 Å². The van der Waals surface area contributed by atoms with Crippen molar-refractivity contribution in [3.8, 4) is 35.4 Å². The fourth-order valence-electron chi connectivity index (χ4n) is 8.08. The zero-order chi connectivity index (χ0) is 33.4. The number of hydrogen-bond acceptors (Lipinski definition) is 9. The number of aromatic hydroxyl groups is 1. The first-order chi connectivity index (χ1) is 23.1. The lowest BCUT2D eigenvalue weighted by molar-refractivity contribution is -0.0123. The molecule has 0 aliphatic carbocycles. The van der Waals surface area contributed by atoms with Gasteiger partial charge < -0.3 is 29.2 Å². The summed E-state index contributed by atoms with van der Waals surface area (Å²) in [7, 11) is 1.85. The summed E-state index contributed by atoms with van der Waals surface area (Å²) >= 11 is 0. The molecule has 48 heavy (non-hydrogen) atoms. The molecule has 6 heterocycles. The molecule has 0 spiro atoms. The number of aryl methyl sites for hydroxylation is 1. The van der Waals surface area contributed by atoms with Gasteiger partial charge in [0.1, 0.15) is 41.4 Å². The number of terminal acetylenes is 1. The molecule has 5 aromatic rings. The van der Waals surface area contributed by atoms with Crippen LogP contribution in [0.3, 0.4) is 0 Å². The molecule has 0 saturated carbocycles. The first-order valence-electron chi connectivity index (χ1n) is 16.2. The molecule has 3 aromatic heterocycles. The second-order valence-corrected chi connectivity index (χ2v) is 13.6. The maximum atomic E-state index is 15.0. The lowest BCUT2D eigenvalue weighted by Gasteiger charge is -2.31. The number of aliphatic hydroxyl groups is 1. The molecule has 0 unspecified atom stereocenters. The Labute approximate surface area is 275 Å². The number of ether oxygens (including phenoxy) is 2. The van der Waals surface area contributed by atoms with Crippen molar-refractivity contribution in [1.82, 2.24) is 24.4 Å². The highest BCUT2D eigenvalue weighted by atomic mass is 19.1. The van der Waals surface area contributed by atoms with E-state index >= 15 is 4.39 Å². The van der Waals surface area contributed by atoms with Crippen LogP contribution in [0.5, 0.6) is 11.8 Å². The number of anilines is 1. The first-order valence-corrected chi connectivity index (χ1v) is 16.2. The summed E-state index contributed by atoms with van der Waals surface area (Å²) in [6.07, 6.45) is 8.80. The van der Waals surface area contributed by atoms with Gasteiger partial charge in [-0.3, -0.25) is 9.88 Å². The predicted molar refractivity (Wildman–Crippen MR) is 179 cm³/mol. The van der Waals surface area contributed by atoms with E-state index in [4.69, 9.17) is 30.8 Å². The van der Waals surface area contributed by atoms with E-state index in [1.54, 1.807) is 31.3 Å². The van der Waals surface area contributed by atoms with Gasteiger partial charge >= 0.3 is 6.01 Å². The van der Waals surface area contributed by atoms with Crippen LogP contribution >= 0.6 is 0 Å². The molecule has 3 saturated heterocycles. The van der Waals surface area contributed by atoms with Crippen LogP contribution in [-0.4, -0.2) is 97.9 Å². The monoisotopic (exact) mass is 654 g/mol. The smallest absolute Gasteiger partial charge is 0.320 e. The molecule has 3 aliphatic rings. The maximum absolute atomic E-state index is 15.0. The molecule has 3 atom stereocenters. The van der Waals surface area contributed by atoms with Crippen LogP contribution in [0.2, 0.25) is 0 Å². The summed E-state index contributed by atoms with van der Waals surface area (Å²) in [5.41, 5.74) is 0.677. The minimum absolute atomic E-state index is 0.0182. The molecule has 248 valence electrons. The number of fused-ring (bicyclic) bond motifs is 5. The fraction of sp³-hybridized carbons (Fsp3) is 0.417. The van der Waals surface area contributed by atoms with Crippen LogP contribution in [0.15, 0.2) is 36.5 Å². The van der Waals surface area contributed by atoms with Crippen molar-refractivity contribution < 1.29 is 28.5 Å². The number of benzene rings is 2. The average Bonchev–Trinajstić information content (AvgIpc) is 3.63. The Balaban J connectivity index is 1.35. The lowest BCUT2D eigenvalue weighted by Crippen LogP contribution is -2.44. The van der Waals surface area contributed by atoms with Gasteiger partial charge in [-0.1, -0.05) is 12.0 Å². The number of pyridine rings is 1. The zero-order valence-corrected chi connectivity index (χ0v) is 26.8. The highest BCUT2D eigenvalue weighted by Crippen LogP contribution is 2.43. The van der Waals surface area contributed by atoms with E-state index in [1.165, 1.54) is 6.07 Å². The van der Waals surface area contributed by atoms with E-state index in [0.717, 1.165) is 24.8 Å². The van der Waals surface area contributed by atoms with Crippen molar-refractivity contribution in [1.29, 1.82) is 0 Å². The summed E-state index contributed by atoms with van der Waals surface area (Å²) in [6.45, 7) is 4.48. The van der Waals surface area contributed by atoms with Crippen molar-refractivity contribution in [3.05, 3.63) is 47.9 Å². The van der Waals surface area contributed by atoms with E-state index in [-0.39, 0.29) is 37.1 Å². The fourth-order valence-corrected chi connectivity index (χ4v) is 8.08. The van der Waals surface area contributed by atoms with Crippen LogP contribution in [-0.2, 0) is 11.8 Å². The summed E-state index contributed by atoms with van der Waals surface area (Å²) in [5, 5.41) is 24.4. The summed E-state index contributed by atoms with van der Waals surface area (Å²) in [4.78, 5) is 18.8. The van der Waals surface area contributed by atoms with Crippen molar-refractivity contribution in [2.24, 2.45) is 7.05 Å². The number of phenolic OH excluding ortho intramolecular Hbond substituents is 1. The molecule has 0 radical (unpaired) electrons. The molecule has 12 heteroatoms. The standard InChI is InChI=1S/C36H36F2N6O4/c1-4-24-27(38)7-6-21-14-23(45)15-26(28(21)24)30-31-25(8-10-39-30)29-32(42(31)3)40-34(41-33(29)43-12-13-47-19-35(2,46)18-43)48-20-36-9-5-11-44(36)17-22(37)16-36/h1,6-8,10,14-15,22,45-46H,5,9,11-13,16-20H2,2-3H3/t22-,35+,36+/m1/s1. The van der Waals surface area contributed by atoms with Gasteiger partial charge in [0.25, 0.3) is 0 Å². The Bertz CT molecular complexity index is 2150. The van der Waals surface area contributed by atoms with Crippen molar-refractivity contribution in [2.45, 2.75) is 43.5 Å². The highest BCUT2D eigenvalue weighted by molar-refractivity contribution is 6.17. The van der Waals surface area contributed by atoms with Gasteiger partial charge in [0.2, 0.25) is 0 Å². The number of aromatic nitrogens is 4. The third-order valence-electron chi connectivity index (χ3n) is 10.1. The normalized spacial score (nSPS) is 24.8. The molecule has 3 aliphatic heterocycles. The third-order valence-corrected chi connectivity index (χ3v) is 10.1. The van der Waals surface area contributed by atoms with Gasteiger partial charge in [0.05, 0.1) is 47.5 Å². The molecule has 2 N–H and O–H groups in total. The SMILES string of the molecule is C#Cc1c(F)ccc2cc(O)cc(-c3nccc4c5c(N6CCOC[C@@](C)(O)C6)nc(OC[C@@]67CCCN6C[C@H](F)C7)nc5n(C)c34)c12. The average molecular weight is 655 g/mol. The number of phenols is 1. The van der Waals surface area contributed by atoms with E-state index in [0.29, 0.717) is 70.5 Å². The van der Waals surface area contributed by atoms with Gasteiger partial charge in [0.15, 0.2) is 0 Å². The van der Waals surface area contributed by atoms with Gasteiger partial charge in [-0.05, 0) is 56.0 Å².